The van der Waals surface area contributed by atoms with Gasteiger partial charge in [-0.25, -0.2) is 5.10 Å². The number of aromatic amines is 1. The van der Waals surface area contributed by atoms with Crippen molar-refractivity contribution in [3.05, 3.63) is 69.7 Å². The smallest absolute Gasteiger partial charge is 0.267 e. The number of hydrogen-bond donors (Lipinski definition) is 1. The first kappa shape index (κ1) is 12.6. The van der Waals surface area contributed by atoms with Crippen molar-refractivity contribution in [2.75, 3.05) is 0 Å². The summed E-state index contributed by atoms with van der Waals surface area (Å²) < 4.78 is 0. The molecule has 2 aromatic rings. The maximum Gasteiger partial charge on any atom is 0.295 e. The van der Waals surface area contributed by atoms with Crippen LogP contribution in [-0.2, 0) is 4.79 Å². The lowest BCUT2D eigenvalue weighted by Gasteiger charge is -2.17. The number of nitrogens with one attached hydrogen (secondary N) is 1. The molecular weight excluding hydrogens is 280 g/mol. The number of allylic oxidation sites excluding steroid dienone is 3. The third-order valence-corrected chi connectivity index (χ3v) is 3.72. The van der Waals surface area contributed by atoms with Crippen molar-refractivity contribution in [1.29, 1.82) is 0 Å². The van der Waals surface area contributed by atoms with Crippen LogP contribution < -0.4 is 5.56 Å². The minimum Gasteiger partial charge on any atom is -0.267 e. The highest BCUT2D eigenvalue weighted by molar-refractivity contribution is 6.05. The molecule has 4 rings (SSSR count). The van der Waals surface area contributed by atoms with E-state index in [0.29, 0.717) is 34.2 Å². The van der Waals surface area contributed by atoms with E-state index in [1.807, 2.05) is 24.3 Å². The third-order valence-electron chi connectivity index (χ3n) is 3.72. The molecule has 1 N–H and O–H groups in total. The molecule has 0 spiro atoms. The summed E-state index contributed by atoms with van der Waals surface area (Å²) >= 11 is 0. The maximum atomic E-state index is 11.9. The molecule has 1 aromatic heterocycles. The average molecular weight is 290 g/mol. The molecule has 0 saturated heterocycles. The molecule has 1 aliphatic heterocycles. The Morgan fingerprint density at radius 1 is 1.05 bits per heavy atom. The van der Waals surface area contributed by atoms with Crippen molar-refractivity contribution in [2.24, 2.45) is 10.2 Å². The molecule has 0 unspecified atom stereocenters. The van der Waals surface area contributed by atoms with Crippen LogP contribution in [0.4, 0.5) is 0 Å². The van der Waals surface area contributed by atoms with Gasteiger partial charge in [0.2, 0.25) is 0 Å². The summed E-state index contributed by atoms with van der Waals surface area (Å²) in [5, 5.41) is 15.6. The number of benzene rings is 1. The van der Waals surface area contributed by atoms with E-state index < -0.39 is 0 Å². The highest BCUT2D eigenvalue weighted by Gasteiger charge is 2.26. The predicted molar refractivity (Wildman–Crippen MR) is 81.0 cm³/mol. The first-order chi connectivity index (χ1) is 10.8. The molecule has 6 heteroatoms. The van der Waals surface area contributed by atoms with Gasteiger partial charge in [-0.1, -0.05) is 30.4 Å². The molecule has 0 fully saturated rings. The van der Waals surface area contributed by atoms with Crippen molar-refractivity contribution in [1.82, 2.24) is 10.2 Å². The Hall–Kier alpha value is -3.15. The number of amides is 1. The summed E-state index contributed by atoms with van der Waals surface area (Å²) in [6.07, 6.45) is 6.09. The van der Waals surface area contributed by atoms with Crippen LogP contribution in [0, 0.1) is 0 Å². The molecule has 0 bridgehead atoms. The van der Waals surface area contributed by atoms with Crippen molar-refractivity contribution in [3.63, 3.8) is 0 Å². The molecule has 0 saturated carbocycles. The van der Waals surface area contributed by atoms with Gasteiger partial charge in [0.15, 0.2) is 0 Å². The van der Waals surface area contributed by atoms with Gasteiger partial charge in [-0.05, 0) is 24.1 Å². The molecule has 22 heavy (non-hydrogen) atoms. The summed E-state index contributed by atoms with van der Waals surface area (Å²) in [4.78, 5) is 23.7. The van der Waals surface area contributed by atoms with Crippen LogP contribution in [0.3, 0.4) is 0 Å². The van der Waals surface area contributed by atoms with E-state index >= 15 is 0 Å². The third kappa shape index (κ3) is 1.77. The van der Waals surface area contributed by atoms with Gasteiger partial charge in [0.1, 0.15) is 11.4 Å². The average Bonchev–Trinajstić information content (AvgIpc) is 2.57. The van der Waals surface area contributed by atoms with Crippen LogP contribution in [0.2, 0.25) is 0 Å². The Balaban J connectivity index is 2.04. The fraction of sp³-hybridized carbons (Fsp3) is 0.0625. The number of fused-ring (bicyclic) bond motifs is 2. The van der Waals surface area contributed by atoms with Crippen molar-refractivity contribution >= 4 is 22.4 Å². The van der Waals surface area contributed by atoms with E-state index in [9.17, 15) is 9.59 Å². The Bertz CT molecular complexity index is 993. The fourth-order valence-corrected chi connectivity index (χ4v) is 2.68. The van der Waals surface area contributed by atoms with E-state index in [1.54, 1.807) is 18.2 Å². The van der Waals surface area contributed by atoms with E-state index in [4.69, 9.17) is 0 Å². The molecule has 0 radical (unpaired) electrons. The summed E-state index contributed by atoms with van der Waals surface area (Å²) in [5.74, 6) is -0.350. The molecule has 1 aromatic carbocycles. The van der Waals surface area contributed by atoms with Gasteiger partial charge in [0.05, 0.1) is 5.39 Å². The highest BCUT2D eigenvalue weighted by atomic mass is 16.2. The summed E-state index contributed by atoms with van der Waals surface area (Å²) in [5.41, 5.74) is 2.12. The zero-order chi connectivity index (χ0) is 15.1. The number of H-pyrrole nitrogens is 1. The number of azo groups is 1. The summed E-state index contributed by atoms with van der Waals surface area (Å²) in [7, 11) is 0. The number of rotatable bonds is 1. The topological polar surface area (TPSA) is 87.5 Å². The first-order valence-corrected chi connectivity index (χ1v) is 6.80. The zero-order valence-electron chi connectivity index (χ0n) is 11.4. The van der Waals surface area contributed by atoms with E-state index in [0.717, 1.165) is 5.57 Å². The second kappa shape index (κ2) is 4.70. The first-order valence-electron chi connectivity index (χ1n) is 6.80. The lowest BCUT2D eigenvalue weighted by Crippen LogP contribution is -2.14. The molecule has 1 amide bonds. The molecule has 106 valence electrons. The fourth-order valence-electron chi connectivity index (χ4n) is 2.68. The van der Waals surface area contributed by atoms with Gasteiger partial charge in [-0.3, -0.25) is 9.59 Å². The second-order valence-corrected chi connectivity index (χ2v) is 4.99. The zero-order valence-corrected chi connectivity index (χ0v) is 11.4. The number of nitrogens with zero attached hydrogens (tertiary/aromatic N) is 3. The lowest BCUT2D eigenvalue weighted by atomic mass is 9.93. The van der Waals surface area contributed by atoms with Crippen molar-refractivity contribution in [3.8, 4) is 0 Å². The molecule has 2 aliphatic rings. The number of carbonyl (C=O) groups excluding carboxylic acids is 1. The monoisotopic (exact) mass is 290 g/mol. The maximum absolute atomic E-state index is 11.9. The summed E-state index contributed by atoms with van der Waals surface area (Å²) in [6.45, 7) is 0. The standard InChI is InChI=1S/C16H10N4O2/c21-15-11-7-3-1-5-9(11)13(17-19-15)14-10-6-2-4-8-12(10)16(22)20-18-14/h1-5,7-8H,6H2,(H,19,21). The van der Waals surface area contributed by atoms with Gasteiger partial charge < -0.3 is 0 Å². The molecular formula is C16H10N4O2. The molecule has 2 heterocycles. The van der Waals surface area contributed by atoms with Gasteiger partial charge >= 0.3 is 0 Å². The predicted octanol–water partition coefficient (Wildman–Crippen LogP) is 2.51. The minimum absolute atomic E-state index is 0.256. The van der Waals surface area contributed by atoms with E-state index in [1.165, 1.54) is 0 Å². The van der Waals surface area contributed by atoms with Crippen LogP contribution in [0.5, 0.6) is 0 Å². The highest BCUT2D eigenvalue weighted by Crippen LogP contribution is 2.35. The van der Waals surface area contributed by atoms with Crippen molar-refractivity contribution in [2.45, 2.75) is 6.42 Å². The van der Waals surface area contributed by atoms with Crippen LogP contribution in [0.25, 0.3) is 16.5 Å². The molecule has 1 aliphatic carbocycles. The van der Waals surface area contributed by atoms with Crippen LogP contribution in [0.1, 0.15) is 12.1 Å². The Morgan fingerprint density at radius 3 is 2.73 bits per heavy atom. The van der Waals surface area contributed by atoms with Crippen LogP contribution >= 0.6 is 0 Å². The Morgan fingerprint density at radius 2 is 1.86 bits per heavy atom. The number of aromatic nitrogens is 2. The van der Waals surface area contributed by atoms with Gasteiger partial charge in [-0.2, -0.15) is 5.10 Å². The quantitative estimate of drug-likeness (QED) is 0.875. The normalized spacial score (nSPS) is 16.9. The SMILES string of the molecule is O=C1N=NC(c2n[nH]c(=O)c3ccccc23)=C2CC=CC=C12. The van der Waals surface area contributed by atoms with Gasteiger partial charge in [-0.15, -0.1) is 10.2 Å². The van der Waals surface area contributed by atoms with Gasteiger partial charge in [0, 0.05) is 11.0 Å². The van der Waals surface area contributed by atoms with Gasteiger partial charge in [0.25, 0.3) is 11.5 Å². The second-order valence-electron chi connectivity index (χ2n) is 4.99. The molecule has 6 nitrogen and oxygen atoms in total. The molecule has 0 atom stereocenters. The largest absolute Gasteiger partial charge is 0.295 e. The van der Waals surface area contributed by atoms with E-state index in [2.05, 4.69) is 20.4 Å². The number of carbonyl (C=O) groups is 1. The lowest BCUT2D eigenvalue weighted by molar-refractivity contribution is -0.114. The van der Waals surface area contributed by atoms with E-state index in [-0.39, 0.29) is 11.5 Å². The van der Waals surface area contributed by atoms with Crippen molar-refractivity contribution < 1.29 is 4.79 Å². The number of hydrogen-bond acceptors (Lipinski definition) is 4. The Kier molecular flexibility index (Phi) is 2.69. The summed E-state index contributed by atoms with van der Waals surface area (Å²) in [6, 6.07) is 7.17. The van der Waals surface area contributed by atoms with Crippen LogP contribution in [0.15, 0.2) is 68.7 Å². The minimum atomic E-state index is -0.350. The Labute approximate surface area is 124 Å². The van der Waals surface area contributed by atoms with Crippen LogP contribution in [-0.4, -0.2) is 16.1 Å².